The van der Waals surface area contributed by atoms with E-state index in [2.05, 4.69) is 33.3 Å². The molecule has 0 unspecified atom stereocenters. The Morgan fingerprint density at radius 3 is 2.86 bits per heavy atom. The molecule has 0 saturated heterocycles. The van der Waals surface area contributed by atoms with Crippen LogP contribution >= 0.6 is 0 Å². The van der Waals surface area contributed by atoms with Gasteiger partial charge in [-0.25, -0.2) is 5.43 Å². The average molecular weight is 390 g/mol. The van der Waals surface area contributed by atoms with E-state index in [4.69, 9.17) is 0 Å². The molecule has 0 bridgehead atoms. The number of hydrazone groups is 1. The molecule has 29 heavy (non-hydrogen) atoms. The van der Waals surface area contributed by atoms with Gasteiger partial charge in [0.15, 0.2) is 0 Å². The molecule has 1 amide bonds. The van der Waals surface area contributed by atoms with Crippen molar-refractivity contribution in [2.75, 3.05) is 0 Å². The first-order valence-electron chi connectivity index (χ1n) is 9.79. The number of fused-ring (bicyclic) bond motifs is 3. The van der Waals surface area contributed by atoms with Crippen molar-refractivity contribution in [3.63, 3.8) is 0 Å². The van der Waals surface area contributed by atoms with Crippen molar-refractivity contribution in [1.29, 1.82) is 0 Å². The minimum Gasteiger partial charge on any atom is -0.344 e. The molecule has 0 saturated carbocycles. The van der Waals surface area contributed by atoms with E-state index in [1.807, 2.05) is 6.07 Å². The minimum atomic E-state index is -0.460. The molecule has 1 aliphatic rings. The number of aryl methyl sites for hydroxylation is 2. The number of rotatable bonds is 6. The zero-order valence-electron chi connectivity index (χ0n) is 16.0. The Hall–Kier alpha value is -3.48. The number of nitro benzene ring substituents is 1. The fourth-order valence-corrected chi connectivity index (χ4v) is 4.01. The van der Waals surface area contributed by atoms with E-state index in [-0.39, 0.29) is 11.6 Å². The smallest absolute Gasteiger partial charge is 0.270 e. The number of benzene rings is 2. The van der Waals surface area contributed by atoms with Crippen LogP contribution in [0.4, 0.5) is 5.69 Å². The molecule has 1 aromatic heterocycles. The summed E-state index contributed by atoms with van der Waals surface area (Å²) >= 11 is 0. The quantitative estimate of drug-likeness (QED) is 0.392. The van der Waals surface area contributed by atoms with Crippen molar-refractivity contribution in [3.05, 3.63) is 75.5 Å². The molecule has 1 heterocycles. The van der Waals surface area contributed by atoms with Gasteiger partial charge < -0.3 is 4.57 Å². The Balaban J connectivity index is 1.42. The maximum absolute atomic E-state index is 12.3. The highest BCUT2D eigenvalue weighted by Gasteiger charge is 2.19. The van der Waals surface area contributed by atoms with Gasteiger partial charge in [-0.3, -0.25) is 14.9 Å². The summed E-state index contributed by atoms with van der Waals surface area (Å²) in [6.45, 7) is 0.605. The van der Waals surface area contributed by atoms with Crippen LogP contribution in [0, 0.1) is 10.1 Å². The number of aromatic nitrogens is 1. The van der Waals surface area contributed by atoms with E-state index in [0.29, 0.717) is 18.5 Å². The molecule has 7 nitrogen and oxygen atoms in total. The van der Waals surface area contributed by atoms with Crippen LogP contribution in [0.5, 0.6) is 0 Å². The van der Waals surface area contributed by atoms with Gasteiger partial charge in [-0.05, 0) is 37.3 Å². The van der Waals surface area contributed by atoms with Crippen LogP contribution in [0.15, 0.2) is 53.6 Å². The molecule has 0 aliphatic heterocycles. The fraction of sp³-hybridized carbons (Fsp3) is 0.273. The summed E-state index contributed by atoms with van der Waals surface area (Å²) in [6, 6.07) is 14.5. The Morgan fingerprint density at radius 2 is 2.00 bits per heavy atom. The molecule has 4 rings (SSSR count). The number of nitro groups is 1. The first-order valence-corrected chi connectivity index (χ1v) is 9.79. The Bertz CT molecular complexity index is 1100. The number of hydrogen-bond acceptors (Lipinski definition) is 4. The highest BCUT2D eigenvalue weighted by molar-refractivity contribution is 5.86. The van der Waals surface area contributed by atoms with Crippen molar-refractivity contribution in [3.8, 4) is 0 Å². The SMILES string of the molecule is O=C(CCn1c2c(c3ccccc31)CCCC2)N/N=C\c1cccc([N+](=O)[O-])c1. The fourth-order valence-electron chi connectivity index (χ4n) is 4.01. The van der Waals surface area contributed by atoms with E-state index < -0.39 is 4.92 Å². The van der Waals surface area contributed by atoms with Gasteiger partial charge in [-0.15, -0.1) is 0 Å². The normalized spacial score (nSPS) is 13.5. The largest absolute Gasteiger partial charge is 0.344 e. The number of nitrogens with zero attached hydrogens (tertiary/aromatic N) is 3. The van der Waals surface area contributed by atoms with Crippen molar-refractivity contribution < 1.29 is 9.72 Å². The predicted molar refractivity (Wildman–Crippen MR) is 112 cm³/mol. The maximum Gasteiger partial charge on any atom is 0.270 e. The summed E-state index contributed by atoms with van der Waals surface area (Å²) in [5.41, 5.74) is 7.03. The third-order valence-corrected chi connectivity index (χ3v) is 5.33. The standard InChI is InChI=1S/C22H22N4O3/c27-22(24-23-15-16-6-5-7-17(14-16)26(28)29)12-13-25-20-10-3-1-8-18(20)19-9-2-4-11-21(19)25/h1,3,5-8,10,14-15H,2,4,9,11-13H2,(H,24,27)/b23-15-. The lowest BCUT2D eigenvalue weighted by Gasteiger charge is -2.15. The number of hydrogen-bond donors (Lipinski definition) is 1. The summed E-state index contributed by atoms with van der Waals surface area (Å²) in [6.07, 6.45) is 6.28. The van der Waals surface area contributed by atoms with Gasteiger partial charge in [0.1, 0.15) is 0 Å². The number of nitrogens with one attached hydrogen (secondary N) is 1. The van der Waals surface area contributed by atoms with Crippen LogP contribution in [-0.4, -0.2) is 21.6 Å². The molecular formula is C22H22N4O3. The first kappa shape index (κ1) is 18.9. The summed E-state index contributed by atoms with van der Waals surface area (Å²) in [4.78, 5) is 22.6. The Morgan fingerprint density at radius 1 is 1.17 bits per heavy atom. The molecule has 0 radical (unpaired) electrons. The lowest BCUT2D eigenvalue weighted by atomic mass is 9.95. The van der Waals surface area contributed by atoms with E-state index in [0.717, 1.165) is 12.8 Å². The third-order valence-electron chi connectivity index (χ3n) is 5.33. The topological polar surface area (TPSA) is 89.5 Å². The summed E-state index contributed by atoms with van der Waals surface area (Å²) in [7, 11) is 0. The van der Waals surface area contributed by atoms with Crippen LogP contribution in [0.3, 0.4) is 0 Å². The number of carbonyl (C=O) groups excluding carboxylic acids is 1. The minimum absolute atomic E-state index is 0.00969. The number of non-ortho nitro benzene ring substituents is 1. The van der Waals surface area contributed by atoms with Crippen LogP contribution in [0.2, 0.25) is 0 Å². The summed E-state index contributed by atoms with van der Waals surface area (Å²) < 4.78 is 2.27. The van der Waals surface area contributed by atoms with Gasteiger partial charge >= 0.3 is 0 Å². The lowest BCUT2D eigenvalue weighted by molar-refractivity contribution is -0.384. The Kier molecular flexibility index (Phi) is 5.37. The molecule has 7 heteroatoms. The third kappa shape index (κ3) is 4.03. The molecule has 0 atom stereocenters. The molecule has 1 N–H and O–H groups in total. The average Bonchev–Trinajstić information content (AvgIpc) is 3.06. The zero-order valence-corrected chi connectivity index (χ0v) is 16.0. The van der Waals surface area contributed by atoms with Gasteiger partial charge in [0.05, 0.1) is 11.1 Å². The summed E-state index contributed by atoms with van der Waals surface area (Å²) in [5.74, 6) is -0.186. The molecule has 0 spiro atoms. The van der Waals surface area contributed by atoms with Gasteiger partial charge in [-0.2, -0.15) is 5.10 Å². The molecule has 0 fully saturated rings. The second kappa shape index (κ2) is 8.26. The van der Waals surface area contributed by atoms with E-state index in [1.54, 1.807) is 12.1 Å². The molecule has 148 valence electrons. The Labute approximate surface area is 168 Å². The predicted octanol–water partition coefficient (Wildman–Crippen LogP) is 3.97. The van der Waals surface area contributed by atoms with Crippen molar-refractivity contribution in [2.45, 2.75) is 38.6 Å². The number of carbonyl (C=O) groups is 1. The summed E-state index contributed by atoms with van der Waals surface area (Å²) in [5, 5.41) is 16.0. The van der Waals surface area contributed by atoms with Gasteiger partial charge in [0, 0.05) is 47.3 Å². The number of para-hydroxylation sites is 1. The van der Waals surface area contributed by atoms with Crippen molar-refractivity contribution in [1.82, 2.24) is 9.99 Å². The lowest BCUT2D eigenvalue weighted by Crippen LogP contribution is -2.20. The van der Waals surface area contributed by atoms with Crippen LogP contribution in [-0.2, 0) is 24.2 Å². The van der Waals surface area contributed by atoms with Crippen LogP contribution in [0.1, 0.15) is 36.1 Å². The zero-order chi connectivity index (χ0) is 20.2. The molecular weight excluding hydrogens is 368 g/mol. The molecule has 3 aromatic rings. The highest BCUT2D eigenvalue weighted by atomic mass is 16.6. The second-order valence-electron chi connectivity index (χ2n) is 7.20. The van der Waals surface area contributed by atoms with Gasteiger partial charge in [-0.1, -0.05) is 30.3 Å². The second-order valence-corrected chi connectivity index (χ2v) is 7.20. The molecule has 1 aliphatic carbocycles. The van der Waals surface area contributed by atoms with Gasteiger partial charge in [0.2, 0.25) is 5.91 Å². The monoisotopic (exact) mass is 390 g/mol. The van der Waals surface area contributed by atoms with Crippen molar-refractivity contribution in [2.24, 2.45) is 5.10 Å². The van der Waals surface area contributed by atoms with Gasteiger partial charge in [0.25, 0.3) is 5.69 Å². The van der Waals surface area contributed by atoms with E-state index >= 15 is 0 Å². The number of amides is 1. The van der Waals surface area contributed by atoms with E-state index in [9.17, 15) is 14.9 Å². The molecule has 2 aromatic carbocycles. The maximum atomic E-state index is 12.3. The van der Waals surface area contributed by atoms with Crippen LogP contribution in [0.25, 0.3) is 10.9 Å². The first-order chi connectivity index (χ1) is 14.1. The van der Waals surface area contributed by atoms with E-state index in [1.165, 1.54) is 53.3 Å². The van der Waals surface area contributed by atoms with Crippen LogP contribution < -0.4 is 5.43 Å². The van der Waals surface area contributed by atoms with Crippen molar-refractivity contribution >= 4 is 28.7 Å². The highest BCUT2D eigenvalue weighted by Crippen LogP contribution is 2.32.